The maximum Gasteiger partial charge on any atom is 0.132 e. The van der Waals surface area contributed by atoms with E-state index >= 15 is 0 Å². The topological polar surface area (TPSA) is 37.0 Å². The van der Waals surface area contributed by atoms with Gasteiger partial charge in [0.15, 0.2) is 0 Å². The molecule has 106 valence electrons. The second kappa shape index (κ2) is 5.53. The molecule has 0 bridgehead atoms. The van der Waals surface area contributed by atoms with Gasteiger partial charge in [0.1, 0.15) is 5.82 Å². The molecule has 0 saturated carbocycles. The fourth-order valence-corrected chi connectivity index (χ4v) is 3.09. The highest BCUT2D eigenvalue weighted by atomic mass is 32.1. The van der Waals surface area contributed by atoms with Gasteiger partial charge >= 0.3 is 0 Å². The molecular weight excluding hydrogens is 290 g/mol. The normalized spacial score (nSPS) is 13.0. The second-order valence-corrected chi connectivity index (χ2v) is 5.70. The van der Waals surface area contributed by atoms with E-state index in [1.54, 1.807) is 17.5 Å². The van der Waals surface area contributed by atoms with Gasteiger partial charge in [-0.15, -0.1) is 0 Å². The average molecular weight is 303 g/mol. The van der Waals surface area contributed by atoms with Crippen molar-refractivity contribution in [3.8, 4) is 11.3 Å². The quantitative estimate of drug-likeness (QED) is 0.700. The molecule has 0 saturated heterocycles. The summed E-state index contributed by atoms with van der Waals surface area (Å²) in [5, 5.41) is 12.8. The van der Waals surface area contributed by atoms with Crippen LogP contribution >= 0.6 is 11.3 Å². The number of nitrogens with one attached hydrogen (secondary N) is 2. The molecule has 0 aliphatic carbocycles. The fourth-order valence-electron chi connectivity index (χ4n) is 2.44. The van der Waals surface area contributed by atoms with E-state index < -0.39 is 0 Å². The van der Waals surface area contributed by atoms with Crippen LogP contribution in [0.3, 0.4) is 0 Å². The lowest BCUT2D eigenvalue weighted by molar-refractivity contribution is 1.17. The minimum atomic E-state index is 0.822. The van der Waals surface area contributed by atoms with Crippen LogP contribution in [0.4, 0.5) is 5.82 Å². The summed E-state index contributed by atoms with van der Waals surface area (Å²) in [6, 6.07) is 12.5. The Kier molecular flexibility index (Phi) is 3.24. The fraction of sp³-hybridized carbons (Fsp3) is 0. The Morgan fingerprint density at radius 3 is 2.95 bits per heavy atom. The molecule has 0 fully saturated rings. The Morgan fingerprint density at radius 1 is 1.18 bits per heavy atom. The number of pyridine rings is 1. The van der Waals surface area contributed by atoms with Gasteiger partial charge in [-0.25, -0.2) is 4.98 Å². The first kappa shape index (κ1) is 12.9. The SMILES string of the molecule is C1=CNC=CC=1Nc1cc2ccccc2c(-c2ccsc2)n1. The van der Waals surface area contributed by atoms with Gasteiger partial charge in [0, 0.05) is 28.7 Å². The Bertz CT molecular complexity index is 917. The third kappa shape index (κ3) is 2.42. The van der Waals surface area contributed by atoms with E-state index in [0.717, 1.165) is 28.2 Å². The van der Waals surface area contributed by atoms with E-state index in [9.17, 15) is 0 Å². The number of hydrogen-bond acceptors (Lipinski definition) is 4. The number of hydrogen-bond donors (Lipinski definition) is 2. The molecule has 22 heavy (non-hydrogen) atoms. The maximum absolute atomic E-state index is 4.80. The van der Waals surface area contributed by atoms with E-state index in [4.69, 9.17) is 4.98 Å². The number of fused-ring (bicyclic) bond motifs is 1. The first-order chi connectivity index (χ1) is 10.9. The first-order valence-electron chi connectivity index (χ1n) is 6.97. The smallest absolute Gasteiger partial charge is 0.132 e. The molecule has 4 rings (SSSR count). The molecule has 4 heteroatoms. The third-order valence-electron chi connectivity index (χ3n) is 3.45. The Hall–Kier alpha value is -2.81. The molecule has 0 spiro atoms. The molecule has 1 aliphatic heterocycles. The van der Waals surface area contributed by atoms with E-state index in [2.05, 4.69) is 51.4 Å². The van der Waals surface area contributed by atoms with Crippen molar-refractivity contribution in [1.29, 1.82) is 0 Å². The maximum atomic E-state index is 4.80. The molecule has 1 aromatic carbocycles. The molecule has 2 N–H and O–H groups in total. The standard InChI is InChI=1S/C18H13N3S/c1-2-4-16-13(3-1)11-17(20-15-5-8-19-9-6-15)21-18(16)14-7-10-22-12-14/h1-5,7-12,19H,(H,20,21). The molecule has 0 atom stereocenters. The molecular formula is C18H13N3S. The van der Waals surface area contributed by atoms with Crippen molar-refractivity contribution < 1.29 is 0 Å². The average Bonchev–Trinajstić information content (AvgIpc) is 3.09. The number of aromatic nitrogens is 1. The zero-order valence-corrected chi connectivity index (χ0v) is 12.5. The highest BCUT2D eigenvalue weighted by Crippen LogP contribution is 2.30. The van der Waals surface area contributed by atoms with Gasteiger partial charge in [0.05, 0.1) is 11.4 Å². The lowest BCUT2D eigenvalue weighted by Gasteiger charge is -2.11. The van der Waals surface area contributed by atoms with Crippen molar-refractivity contribution in [1.82, 2.24) is 10.3 Å². The van der Waals surface area contributed by atoms with Crippen molar-refractivity contribution in [3.63, 3.8) is 0 Å². The van der Waals surface area contributed by atoms with Gasteiger partial charge in [0.25, 0.3) is 0 Å². The molecule has 1 aliphatic rings. The van der Waals surface area contributed by atoms with Crippen molar-refractivity contribution in [2.45, 2.75) is 0 Å². The number of allylic oxidation sites excluding steroid dienone is 1. The highest BCUT2D eigenvalue weighted by molar-refractivity contribution is 7.08. The van der Waals surface area contributed by atoms with Crippen LogP contribution in [0.1, 0.15) is 0 Å². The van der Waals surface area contributed by atoms with Crippen LogP contribution in [0.15, 0.2) is 77.1 Å². The lowest BCUT2D eigenvalue weighted by Crippen LogP contribution is -2.04. The summed E-state index contributed by atoms with van der Waals surface area (Å²) >= 11 is 1.68. The number of thiophene rings is 1. The van der Waals surface area contributed by atoms with Gasteiger partial charge < -0.3 is 10.6 Å². The third-order valence-corrected chi connectivity index (χ3v) is 4.14. The van der Waals surface area contributed by atoms with E-state index in [1.165, 1.54) is 5.39 Å². The number of anilines is 1. The van der Waals surface area contributed by atoms with Gasteiger partial charge in [-0.05, 0) is 29.0 Å². The predicted octanol–water partition coefficient (Wildman–Crippen LogP) is 4.49. The molecule has 3 heterocycles. The van der Waals surface area contributed by atoms with Crippen LogP contribution in [0.5, 0.6) is 0 Å². The summed E-state index contributed by atoms with van der Waals surface area (Å²) in [5.74, 6) is 0.822. The van der Waals surface area contributed by atoms with E-state index in [0.29, 0.717) is 0 Å². The molecule has 3 aromatic rings. The summed E-state index contributed by atoms with van der Waals surface area (Å²) in [5.41, 5.74) is 6.15. The molecule has 0 radical (unpaired) electrons. The molecule has 2 aromatic heterocycles. The summed E-state index contributed by atoms with van der Waals surface area (Å²) < 4.78 is 0. The van der Waals surface area contributed by atoms with Crippen molar-refractivity contribution in [3.05, 3.63) is 77.1 Å². The largest absolute Gasteiger partial charge is 0.361 e. The first-order valence-corrected chi connectivity index (χ1v) is 7.91. The van der Waals surface area contributed by atoms with Crippen LogP contribution in [0, 0.1) is 0 Å². The summed E-state index contributed by atoms with van der Waals surface area (Å²) in [6.45, 7) is 0. The Balaban J connectivity index is 1.86. The minimum absolute atomic E-state index is 0.822. The van der Waals surface area contributed by atoms with E-state index in [-0.39, 0.29) is 0 Å². The summed E-state index contributed by atoms with van der Waals surface area (Å²) in [4.78, 5) is 4.80. The highest BCUT2D eigenvalue weighted by Gasteiger charge is 2.09. The zero-order chi connectivity index (χ0) is 14.8. The second-order valence-electron chi connectivity index (χ2n) is 4.92. The number of rotatable bonds is 3. The summed E-state index contributed by atoms with van der Waals surface area (Å²) in [6.07, 6.45) is 5.56. The molecule has 3 nitrogen and oxygen atoms in total. The van der Waals surface area contributed by atoms with Gasteiger partial charge in [-0.1, -0.05) is 30.0 Å². The summed E-state index contributed by atoms with van der Waals surface area (Å²) in [7, 11) is 0. The lowest BCUT2D eigenvalue weighted by atomic mass is 10.1. The van der Waals surface area contributed by atoms with Crippen LogP contribution in [-0.4, -0.2) is 4.98 Å². The predicted molar refractivity (Wildman–Crippen MR) is 92.6 cm³/mol. The monoisotopic (exact) mass is 303 g/mol. The van der Waals surface area contributed by atoms with Crippen LogP contribution in [0.2, 0.25) is 0 Å². The number of nitrogens with zero attached hydrogens (tertiary/aromatic N) is 1. The molecule has 0 unspecified atom stereocenters. The van der Waals surface area contributed by atoms with Crippen LogP contribution in [0.25, 0.3) is 22.0 Å². The van der Waals surface area contributed by atoms with Crippen LogP contribution < -0.4 is 10.6 Å². The van der Waals surface area contributed by atoms with Crippen molar-refractivity contribution in [2.24, 2.45) is 0 Å². The zero-order valence-electron chi connectivity index (χ0n) is 11.7. The molecule has 0 amide bonds. The van der Waals surface area contributed by atoms with Crippen LogP contribution in [-0.2, 0) is 0 Å². The van der Waals surface area contributed by atoms with Gasteiger partial charge in [0.2, 0.25) is 0 Å². The van der Waals surface area contributed by atoms with Crippen molar-refractivity contribution in [2.75, 3.05) is 5.32 Å². The van der Waals surface area contributed by atoms with Crippen molar-refractivity contribution >= 4 is 27.9 Å². The van der Waals surface area contributed by atoms with Gasteiger partial charge in [-0.3, -0.25) is 0 Å². The minimum Gasteiger partial charge on any atom is -0.361 e. The van der Waals surface area contributed by atoms with Gasteiger partial charge in [-0.2, -0.15) is 11.3 Å². The van der Waals surface area contributed by atoms with E-state index in [1.807, 2.05) is 24.4 Å². The Labute approximate surface area is 132 Å². The Morgan fingerprint density at radius 2 is 2.14 bits per heavy atom. The number of benzene rings is 1.